The number of nitrogens with zero attached hydrogens (tertiary/aromatic N) is 4. The maximum Gasteiger partial charge on any atom is 0.244 e. The normalized spacial score (nSPS) is 14.5. The minimum Gasteiger partial charge on any atom is -0.493 e. The first-order valence-electron chi connectivity index (χ1n) is 7.69. The second-order valence-corrected chi connectivity index (χ2v) is 5.36. The van der Waals surface area contributed by atoms with Gasteiger partial charge in [0, 0.05) is 18.7 Å². The monoisotopic (exact) mass is 332 g/mol. The van der Waals surface area contributed by atoms with Crippen LogP contribution in [-0.2, 0) is 16.1 Å². The summed E-state index contributed by atoms with van der Waals surface area (Å²) in [4.78, 5) is 14.0. The highest BCUT2D eigenvalue weighted by atomic mass is 16.5. The van der Waals surface area contributed by atoms with Gasteiger partial charge in [-0.05, 0) is 18.2 Å². The molecule has 3 rings (SSSR count). The van der Waals surface area contributed by atoms with Crippen LogP contribution in [0.25, 0.3) is 11.3 Å². The summed E-state index contributed by atoms with van der Waals surface area (Å²) in [6.45, 7) is 2.58. The molecule has 0 aliphatic carbocycles. The van der Waals surface area contributed by atoms with Gasteiger partial charge in [0.2, 0.25) is 5.91 Å². The number of carbonyl (C=O) groups excluding carboxylic acids is 1. The largest absolute Gasteiger partial charge is 0.493 e. The third-order valence-corrected chi connectivity index (χ3v) is 3.88. The minimum absolute atomic E-state index is 0.0158. The molecule has 0 atom stereocenters. The maximum atomic E-state index is 12.2. The van der Waals surface area contributed by atoms with Crippen molar-refractivity contribution in [3.05, 3.63) is 24.4 Å². The van der Waals surface area contributed by atoms with Crippen LogP contribution in [-0.4, -0.2) is 66.3 Å². The van der Waals surface area contributed by atoms with Crippen molar-refractivity contribution < 1.29 is 19.0 Å². The molecule has 0 unspecified atom stereocenters. The summed E-state index contributed by atoms with van der Waals surface area (Å²) < 4.78 is 17.3. The summed E-state index contributed by atoms with van der Waals surface area (Å²) in [6, 6.07) is 5.52. The average molecular weight is 332 g/mol. The number of amides is 1. The molecule has 0 N–H and O–H groups in total. The Labute approximate surface area is 139 Å². The number of rotatable bonds is 5. The Hall–Kier alpha value is -2.61. The van der Waals surface area contributed by atoms with Crippen LogP contribution < -0.4 is 9.47 Å². The van der Waals surface area contributed by atoms with Gasteiger partial charge in [-0.1, -0.05) is 5.21 Å². The summed E-state index contributed by atoms with van der Waals surface area (Å²) in [5, 5.41) is 8.18. The standard InChI is InChI=1S/C16H20N4O4/c1-22-14-4-3-12(9-15(14)23-2)13-10-20(18-17-13)11-16(21)19-5-7-24-8-6-19/h3-4,9-10H,5-8,11H2,1-2H3. The predicted octanol–water partition coefficient (Wildman–Crippen LogP) is 0.821. The van der Waals surface area contributed by atoms with Crippen molar-refractivity contribution in [1.29, 1.82) is 0 Å². The summed E-state index contributed by atoms with van der Waals surface area (Å²) in [7, 11) is 3.17. The molecule has 2 aromatic rings. The lowest BCUT2D eigenvalue weighted by Gasteiger charge is -2.26. The van der Waals surface area contributed by atoms with Gasteiger partial charge < -0.3 is 19.1 Å². The molecule has 8 nitrogen and oxygen atoms in total. The minimum atomic E-state index is 0.0158. The summed E-state index contributed by atoms with van der Waals surface area (Å²) in [6.07, 6.45) is 1.75. The van der Waals surface area contributed by atoms with Crippen molar-refractivity contribution >= 4 is 5.91 Å². The zero-order chi connectivity index (χ0) is 16.9. The Kier molecular flexibility index (Phi) is 4.95. The summed E-state index contributed by atoms with van der Waals surface area (Å²) >= 11 is 0. The van der Waals surface area contributed by atoms with Gasteiger partial charge in [0.05, 0.1) is 33.6 Å². The van der Waals surface area contributed by atoms with E-state index in [1.54, 1.807) is 30.0 Å². The fourth-order valence-corrected chi connectivity index (χ4v) is 2.55. The molecule has 1 saturated heterocycles. The zero-order valence-corrected chi connectivity index (χ0v) is 13.8. The molecule has 128 valence electrons. The Morgan fingerprint density at radius 3 is 2.67 bits per heavy atom. The predicted molar refractivity (Wildman–Crippen MR) is 86.0 cm³/mol. The van der Waals surface area contributed by atoms with Gasteiger partial charge in [-0.15, -0.1) is 5.10 Å². The van der Waals surface area contributed by atoms with E-state index in [0.29, 0.717) is 43.5 Å². The van der Waals surface area contributed by atoms with Crippen molar-refractivity contribution in [1.82, 2.24) is 19.9 Å². The molecule has 0 bridgehead atoms. The highest BCUT2D eigenvalue weighted by Gasteiger charge is 2.18. The molecule has 24 heavy (non-hydrogen) atoms. The van der Waals surface area contributed by atoms with Crippen LogP contribution in [0, 0.1) is 0 Å². The lowest BCUT2D eigenvalue weighted by atomic mass is 10.1. The number of hydrogen-bond acceptors (Lipinski definition) is 6. The molecule has 0 saturated carbocycles. The third kappa shape index (κ3) is 3.48. The highest BCUT2D eigenvalue weighted by Crippen LogP contribution is 2.31. The Bertz CT molecular complexity index is 710. The second kappa shape index (κ2) is 7.31. The SMILES string of the molecule is COc1ccc(-c2cn(CC(=O)N3CCOCC3)nn2)cc1OC. The lowest BCUT2D eigenvalue weighted by Crippen LogP contribution is -2.42. The number of carbonyl (C=O) groups is 1. The first-order chi connectivity index (χ1) is 11.7. The van der Waals surface area contributed by atoms with Crippen molar-refractivity contribution in [2.45, 2.75) is 6.54 Å². The summed E-state index contributed by atoms with van der Waals surface area (Å²) in [5.41, 5.74) is 1.52. The van der Waals surface area contributed by atoms with Crippen molar-refractivity contribution in [2.75, 3.05) is 40.5 Å². The fourth-order valence-electron chi connectivity index (χ4n) is 2.55. The Morgan fingerprint density at radius 2 is 1.96 bits per heavy atom. The molecule has 1 aliphatic heterocycles. The van der Waals surface area contributed by atoms with Crippen molar-refractivity contribution in [3.8, 4) is 22.8 Å². The average Bonchev–Trinajstić information content (AvgIpc) is 3.10. The van der Waals surface area contributed by atoms with Crippen molar-refractivity contribution in [2.24, 2.45) is 0 Å². The van der Waals surface area contributed by atoms with E-state index >= 15 is 0 Å². The van der Waals surface area contributed by atoms with Crippen LogP contribution in [0.2, 0.25) is 0 Å². The van der Waals surface area contributed by atoms with Gasteiger partial charge in [0.1, 0.15) is 12.2 Å². The van der Waals surface area contributed by atoms with Gasteiger partial charge in [-0.25, -0.2) is 4.68 Å². The van der Waals surface area contributed by atoms with E-state index in [2.05, 4.69) is 10.3 Å². The second-order valence-electron chi connectivity index (χ2n) is 5.36. The van der Waals surface area contributed by atoms with Gasteiger partial charge in [0.15, 0.2) is 11.5 Å². The van der Waals surface area contributed by atoms with Crippen molar-refractivity contribution in [3.63, 3.8) is 0 Å². The van der Waals surface area contributed by atoms with E-state index in [1.165, 1.54) is 0 Å². The van der Waals surface area contributed by atoms with Gasteiger partial charge in [-0.3, -0.25) is 4.79 Å². The van der Waals surface area contributed by atoms with Gasteiger partial charge >= 0.3 is 0 Å². The zero-order valence-electron chi connectivity index (χ0n) is 13.8. The van der Waals surface area contributed by atoms with Crippen LogP contribution in [0.15, 0.2) is 24.4 Å². The molecule has 1 amide bonds. The highest BCUT2D eigenvalue weighted by molar-refractivity contribution is 5.76. The third-order valence-electron chi connectivity index (χ3n) is 3.88. The van der Waals surface area contributed by atoms with Gasteiger partial charge in [-0.2, -0.15) is 0 Å². The maximum absolute atomic E-state index is 12.2. The lowest BCUT2D eigenvalue weighted by molar-refractivity contribution is -0.136. The number of methoxy groups -OCH3 is 2. The van der Waals surface area contributed by atoms with Crippen LogP contribution in [0.5, 0.6) is 11.5 Å². The molecule has 1 aliphatic rings. The molecule has 8 heteroatoms. The number of hydrogen-bond donors (Lipinski definition) is 0. The molecule has 1 aromatic carbocycles. The fraction of sp³-hybridized carbons (Fsp3) is 0.438. The number of aromatic nitrogens is 3. The first kappa shape index (κ1) is 16.3. The smallest absolute Gasteiger partial charge is 0.244 e. The molecule has 2 heterocycles. The molecule has 1 aromatic heterocycles. The Morgan fingerprint density at radius 1 is 1.21 bits per heavy atom. The number of benzene rings is 1. The summed E-state index contributed by atoms with van der Waals surface area (Å²) in [5.74, 6) is 1.28. The van der Waals surface area contributed by atoms with E-state index in [4.69, 9.17) is 14.2 Å². The topological polar surface area (TPSA) is 78.7 Å². The van der Waals surface area contributed by atoms with E-state index < -0.39 is 0 Å². The van der Waals surface area contributed by atoms with Crippen LogP contribution in [0.4, 0.5) is 0 Å². The van der Waals surface area contributed by atoms with E-state index in [9.17, 15) is 4.79 Å². The van der Waals surface area contributed by atoms with Crippen LogP contribution in [0.3, 0.4) is 0 Å². The molecule has 0 spiro atoms. The quantitative estimate of drug-likeness (QED) is 0.807. The molecule has 0 radical (unpaired) electrons. The molecular weight excluding hydrogens is 312 g/mol. The van der Waals surface area contributed by atoms with E-state index in [0.717, 1.165) is 5.56 Å². The molecular formula is C16H20N4O4. The first-order valence-corrected chi connectivity index (χ1v) is 7.69. The van der Waals surface area contributed by atoms with Gasteiger partial charge in [0.25, 0.3) is 0 Å². The van der Waals surface area contributed by atoms with Crippen LogP contribution in [0.1, 0.15) is 0 Å². The van der Waals surface area contributed by atoms with E-state index in [-0.39, 0.29) is 12.5 Å². The van der Waals surface area contributed by atoms with Crippen LogP contribution >= 0.6 is 0 Å². The molecule has 1 fully saturated rings. The number of ether oxygens (including phenoxy) is 3. The van der Waals surface area contributed by atoms with E-state index in [1.807, 2.05) is 18.2 Å². The number of morpholine rings is 1. The Balaban J connectivity index is 1.72.